The maximum absolute atomic E-state index is 12.0. The van der Waals surface area contributed by atoms with E-state index in [9.17, 15) is 18.0 Å². The summed E-state index contributed by atoms with van der Waals surface area (Å²) >= 11 is 0. The van der Waals surface area contributed by atoms with Crippen LogP contribution in [0.4, 0.5) is 13.2 Å². The number of nitrogens with two attached hydrogens (primary N) is 1. The van der Waals surface area contributed by atoms with E-state index in [1.54, 1.807) is 0 Å². The highest BCUT2D eigenvalue weighted by Crippen LogP contribution is 2.17. The van der Waals surface area contributed by atoms with Crippen molar-refractivity contribution in [2.45, 2.75) is 32.5 Å². The molecule has 0 atom stereocenters. The number of amides is 1. The fourth-order valence-corrected chi connectivity index (χ4v) is 0.951. The first-order chi connectivity index (χ1) is 6.08. The van der Waals surface area contributed by atoms with Crippen LogP contribution in [0.25, 0.3) is 0 Å². The van der Waals surface area contributed by atoms with Gasteiger partial charge in [0.15, 0.2) is 0 Å². The molecule has 0 aromatic carbocycles. The summed E-state index contributed by atoms with van der Waals surface area (Å²) in [6, 6.07) is 0. The molecule has 0 aromatic rings. The lowest BCUT2D eigenvalue weighted by atomic mass is 10.1. The Kier molecular flexibility index (Phi) is 3.93. The molecule has 0 unspecified atom stereocenters. The number of alkyl halides is 3. The highest BCUT2D eigenvalue weighted by atomic mass is 19.4. The summed E-state index contributed by atoms with van der Waals surface area (Å²) in [7, 11) is 0. The molecule has 1 amide bonds. The second kappa shape index (κ2) is 4.16. The molecule has 14 heavy (non-hydrogen) atoms. The number of hydrogen-bond donors (Lipinski definition) is 1. The smallest absolute Gasteiger partial charge is 0.332 e. The molecule has 84 valence electrons. The zero-order chi connectivity index (χ0) is 11.6. The summed E-state index contributed by atoms with van der Waals surface area (Å²) in [5.74, 6) is -0.697. The zero-order valence-corrected chi connectivity index (χ0v) is 8.48. The number of rotatable bonds is 3. The van der Waals surface area contributed by atoms with E-state index in [1.165, 1.54) is 20.8 Å². The molecular weight excluding hydrogens is 197 g/mol. The average molecular weight is 212 g/mol. The summed E-state index contributed by atoms with van der Waals surface area (Å²) in [4.78, 5) is 12.1. The molecule has 2 N–H and O–H groups in total. The lowest BCUT2D eigenvalue weighted by Crippen LogP contribution is -2.53. The monoisotopic (exact) mass is 212 g/mol. The zero-order valence-electron chi connectivity index (χ0n) is 8.48. The Morgan fingerprint density at radius 2 is 1.79 bits per heavy atom. The van der Waals surface area contributed by atoms with Gasteiger partial charge in [-0.2, -0.15) is 13.2 Å². The van der Waals surface area contributed by atoms with Crippen LogP contribution in [0.2, 0.25) is 0 Å². The van der Waals surface area contributed by atoms with Crippen LogP contribution in [0.5, 0.6) is 0 Å². The molecule has 0 radical (unpaired) electrons. The van der Waals surface area contributed by atoms with Gasteiger partial charge in [0, 0.05) is 6.54 Å². The molecule has 0 saturated heterocycles. The van der Waals surface area contributed by atoms with Gasteiger partial charge in [-0.15, -0.1) is 0 Å². The van der Waals surface area contributed by atoms with Crippen molar-refractivity contribution in [2.24, 2.45) is 5.73 Å². The molecule has 3 nitrogen and oxygen atoms in total. The second-order valence-electron chi connectivity index (χ2n) is 3.66. The number of carbonyl (C=O) groups excluding carboxylic acids is 1. The van der Waals surface area contributed by atoms with E-state index in [4.69, 9.17) is 5.73 Å². The van der Waals surface area contributed by atoms with Gasteiger partial charge >= 0.3 is 6.18 Å². The van der Waals surface area contributed by atoms with Gasteiger partial charge in [-0.1, -0.05) is 0 Å². The molecule has 0 aliphatic heterocycles. The molecular formula is C8H15F3N2O. The number of halogens is 3. The summed E-state index contributed by atoms with van der Waals surface area (Å²) in [5, 5.41) is 0. The minimum absolute atomic E-state index is 0.00102. The summed E-state index contributed by atoms with van der Waals surface area (Å²) in [6.07, 6.45) is -4.38. The Morgan fingerprint density at radius 1 is 1.36 bits per heavy atom. The standard InChI is InChI=1S/C8H15F3N2O/c1-4-13(5-8(9,10)11)6(14)7(2,3)12/h4-5,12H2,1-3H3. The molecule has 0 rings (SSSR count). The van der Waals surface area contributed by atoms with Gasteiger partial charge in [-0.25, -0.2) is 0 Å². The topological polar surface area (TPSA) is 46.3 Å². The van der Waals surface area contributed by atoms with E-state index in [2.05, 4.69) is 0 Å². The molecule has 6 heteroatoms. The number of hydrogen-bond acceptors (Lipinski definition) is 2. The van der Waals surface area contributed by atoms with Gasteiger partial charge in [0.2, 0.25) is 5.91 Å². The lowest BCUT2D eigenvalue weighted by Gasteiger charge is -2.28. The largest absolute Gasteiger partial charge is 0.406 e. The van der Waals surface area contributed by atoms with Crippen molar-refractivity contribution in [3.8, 4) is 0 Å². The van der Waals surface area contributed by atoms with Crippen molar-refractivity contribution in [3.05, 3.63) is 0 Å². The van der Waals surface area contributed by atoms with Gasteiger partial charge in [-0.3, -0.25) is 4.79 Å². The normalized spacial score (nSPS) is 12.8. The van der Waals surface area contributed by atoms with Gasteiger partial charge < -0.3 is 10.6 Å². The molecule has 0 spiro atoms. The van der Waals surface area contributed by atoms with Crippen molar-refractivity contribution in [2.75, 3.05) is 13.1 Å². The fourth-order valence-electron chi connectivity index (χ4n) is 0.951. The third-order valence-electron chi connectivity index (χ3n) is 1.59. The van der Waals surface area contributed by atoms with Crippen LogP contribution in [0, 0.1) is 0 Å². The van der Waals surface area contributed by atoms with E-state index >= 15 is 0 Å². The van der Waals surface area contributed by atoms with E-state index < -0.39 is 24.2 Å². The van der Waals surface area contributed by atoms with Crippen LogP contribution in [0.1, 0.15) is 20.8 Å². The molecule has 0 aliphatic rings. The molecule has 0 heterocycles. The highest BCUT2D eigenvalue weighted by Gasteiger charge is 2.36. The van der Waals surface area contributed by atoms with E-state index in [1.807, 2.05) is 0 Å². The van der Waals surface area contributed by atoms with Crippen LogP contribution < -0.4 is 5.73 Å². The molecule has 0 bridgehead atoms. The molecule has 0 saturated carbocycles. The van der Waals surface area contributed by atoms with Gasteiger partial charge in [0.05, 0.1) is 5.54 Å². The molecule has 0 fully saturated rings. The Hall–Kier alpha value is -0.780. The predicted molar refractivity (Wildman–Crippen MR) is 46.6 cm³/mol. The average Bonchev–Trinajstić information content (AvgIpc) is 1.95. The maximum Gasteiger partial charge on any atom is 0.406 e. The fraction of sp³-hybridized carbons (Fsp3) is 0.875. The van der Waals surface area contributed by atoms with Crippen LogP contribution in [-0.2, 0) is 4.79 Å². The van der Waals surface area contributed by atoms with E-state index in [-0.39, 0.29) is 6.54 Å². The van der Waals surface area contributed by atoms with Gasteiger partial charge in [0.25, 0.3) is 0 Å². The second-order valence-corrected chi connectivity index (χ2v) is 3.66. The molecule has 0 aliphatic carbocycles. The first kappa shape index (κ1) is 13.2. The minimum Gasteiger partial charge on any atom is -0.332 e. The predicted octanol–water partition coefficient (Wildman–Crippen LogP) is 1.13. The van der Waals surface area contributed by atoms with Crippen molar-refractivity contribution in [1.82, 2.24) is 4.90 Å². The SMILES string of the molecule is CCN(CC(F)(F)F)C(=O)C(C)(C)N. The Balaban J connectivity index is 4.51. The van der Waals surface area contributed by atoms with Crippen molar-refractivity contribution >= 4 is 5.91 Å². The Labute approximate surface area is 81.1 Å². The van der Waals surface area contributed by atoms with Gasteiger partial charge in [-0.05, 0) is 20.8 Å². The molecule has 0 aromatic heterocycles. The summed E-state index contributed by atoms with van der Waals surface area (Å²) in [5.41, 5.74) is 4.15. The summed E-state index contributed by atoms with van der Waals surface area (Å²) in [6.45, 7) is 3.00. The quantitative estimate of drug-likeness (QED) is 0.762. The van der Waals surface area contributed by atoms with Gasteiger partial charge in [0.1, 0.15) is 6.54 Å². The lowest BCUT2D eigenvalue weighted by molar-refractivity contribution is -0.163. The van der Waals surface area contributed by atoms with Crippen LogP contribution in [0.15, 0.2) is 0 Å². The van der Waals surface area contributed by atoms with Crippen molar-refractivity contribution in [3.63, 3.8) is 0 Å². The van der Waals surface area contributed by atoms with Crippen LogP contribution >= 0.6 is 0 Å². The van der Waals surface area contributed by atoms with E-state index in [0.717, 1.165) is 0 Å². The van der Waals surface area contributed by atoms with Crippen molar-refractivity contribution < 1.29 is 18.0 Å². The number of likely N-dealkylation sites (N-methyl/N-ethyl adjacent to an activating group) is 1. The highest BCUT2D eigenvalue weighted by molar-refractivity contribution is 5.85. The van der Waals surface area contributed by atoms with E-state index in [0.29, 0.717) is 4.90 Å². The number of carbonyl (C=O) groups is 1. The maximum atomic E-state index is 12.0. The minimum atomic E-state index is -4.38. The Morgan fingerprint density at radius 3 is 2.00 bits per heavy atom. The van der Waals surface area contributed by atoms with Crippen LogP contribution in [-0.4, -0.2) is 35.6 Å². The first-order valence-electron chi connectivity index (χ1n) is 4.23. The number of nitrogens with zero attached hydrogens (tertiary/aromatic N) is 1. The Bertz CT molecular complexity index is 208. The third-order valence-corrected chi connectivity index (χ3v) is 1.59. The van der Waals surface area contributed by atoms with Crippen molar-refractivity contribution in [1.29, 1.82) is 0 Å². The summed E-state index contributed by atoms with van der Waals surface area (Å²) < 4.78 is 36.0. The third kappa shape index (κ3) is 4.45. The first-order valence-corrected chi connectivity index (χ1v) is 4.23. The van der Waals surface area contributed by atoms with Crippen LogP contribution in [0.3, 0.4) is 0 Å².